The summed E-state index contributed by atoms with van der Waals surface area (Å²) in [5, 5.41) is 18.1. The number of aromatic nitrogens is 3. The van der Waals surface area contributed by atoms with E-state index >= 15 is 0 Å². The smallest absolute Gasteiger partial charge is 0.243 e. The van der Waals surface area contributed by atoms with Crippen molar-refractivity contribution in [1.82, 2.24) is 20.0 Å². The second-order valence-electron chi connectivity index (χ2n) is 7.19. The minimum Gasteiger partial charge on any atom is -0.368 e. The molecular formula is C17H24N8O4S2. The second-order valence-corrected chi connectivity index (χ2v) is 10.8. The monoisotopic (exact) mass is 468 g/mol. The van der Waals surface area contributed by atoms with Gasteiger partial charge in [0.15, 0.2) is 5.04 Å². The van der Waals surface area contributed by atoms with Crippen molar-refractivity contribution < 1.29 is 16.8 Å². The average Bonchev–Trinajstić information content (AvgIpc) is 3.36. The Morgan fingerprint density at radius 1 is 1.23 bits per heavy atom. The fraction of sp³-hybridized carbons (Fsp3) is 0.412. The molecule has 2 aromatic rings. The molecule has 0 radical (unpaired) electrons. The Hall–Kier alpha value is -2.84. The molecule has 0 spiro atoms. The summed E-state index contributed by atoms with van der Waals surface area (Å²) in [6.07, 6.45) is 1.19. The van der Waals surface area contributed by atoms with Crippen molar-refractivity contribution in [2.75, 3.05) is 18.8 Å². The number of benzene rings is 1. The highest BCUT2D eigenvalue weighted by atomic mass is 32.2. The molecule has 1 atom stereocenters. The van der Waals surface area contributed by atoms with Gasteiger partial charge in [0.1, 0.15) is 0 Å². The van der Waals surface area contributed by atoms with Crippen LogP contribution in [0.15, 0.2) is 51.6 Å². The maximum Gasteiger partial charge on any atom is 0.243 e. The Balaban J connectivity index is 1.97. The first kappa shape index (κ1) is 22.8. The average molecular weight is 469 g/mol. The van der Waals surface area contributed by atoms with Crippen molar-refractivity contribution in [2.24, 2.45) is 21.0 Å². The maximum absolute atomic E-state index is 13.3. The fourth-order valence-corrected chi connectivity index (χ4v) is 4.64. The lowest BCUT2D eigenvalue weighted by Gasteiger charge is -2.15. The van der Waals surface area contributed by atoms with E-state index in [2.05, 4.69) is 20.3 Å². The highest BCUT2D eigenvalue weighted by Gasteiger charge is 2.40. The normalized spacial score (nSPS) is 17.9. The van der Waals surface area contributed by atoms with Gasteiger partial charge < -0.3 is 5.73 Å². The quantitative estimate of drug-likeness (QED) is 0.426. The van der Waals surface area contributed by atoms with Crippen molar-refractivity contribution in [3.63, 3.8) is 0 Å². The first-order chi connectivity index (χ1) is 14.5. The number of rotatable bonds is 6. The molecule has 0 saturated heterocycles. The SMILES string of the molecule is CC(C)n1ncc(S(=O)(=O)C2=NN(C(N)=NCCS(N)(=O)=O)CC2c2ccccc2)n1. The number of hydrazone groups is 1. The summed E-state index contributed by atoms with van der Waals surface area (Å²) in [5.41, 5.74) is 6.67. The summed E-state index contributed by atoms with van der Waals surface area (Å²) in [6, 6.07) is 8.87. The van der Waals surface area contributed by atoms with Crippen LogP contribution in [0.1, 0.15) is 31.4 Å². The molecule has 31 heavy (non-hydrogen) atoms. The maximum atomic E-state index is 13.3. The Morgan fingerprint density at radius 2 is 1.90 bits per heavy atom. The summed E-state index contributed by atoms with van der Waals surface area (Å²) < 4.78 is 48.8. The third kappa shape index (κ3) is 5.26. The molecule has 1 aromatic carbocycles. The second kappa shape index (κ2) is 8.72. The lowest BCUT2D eigenvalue weighted by atomic mass is 10.0. The number of hydrogen-bond donors (Lipinski definition) is 2. The molecule has 4 N–H and O–H groups in total. The van der Waals surface area contributed by atoms with Crippen molar-refractivity contribution in [2.45, 2.75) is 30.8 Å². The number of sulfonamides is 1. The van der Waals surface area contributed by atoms with Crippen LogP contribution in [0.3, 0.4) is 0 Å². The number of hydrogen-bond acceptors (Lipinski definition) is 8. The molecule has 168 valence electrons. The Kier molecular flexibility index (Phi) is 6.43. The highest BCUT2D eigenvalue weighted by molar-refractivity contribution is 8.06. The van der Waals surface area contributed by atoms with Crippen LogP contribution in [0.5, 0.6) is 0 Å². The molecule has 0 bridgehead atoms. The minimum atomic E-state index is -4.07. The zero-order valence-corrected chi connectivity index (χ0v) is 18.7. The van der Waals surface area contributed by atoms with Crippen LogP contribution < -0.4 is 10.9 Å². The Morgan fingerprint density at radius 3 is 2.48 bits per heavy atom. The van der Waals surface area contributed by atoms with Crippen LogP contribution in [-0.4, -0.2) is 66.7 Å². The summed E-state index contributed by atoms with van der Waals surface area (Å²) >= 11 is 0. The van der Waals surface area contributed by atoms with Gasteiger partial charge in [-0.1, -0.05) is 30.3 Å². The predicted molar refractivity (Wildman–Crippen MR) is 115 cm³/mol. The van der Waals surface area contributed by atoms with Gasteiger partial charge in [-0.05, 0) is 19.4 Å². The van der Waals surface area contributed by atoms with Gasteiger partial charge in [-0.2, -0.15) is 15.0 Å². The van der Waals surface area contributed by atoms with Crippen LogP contribution in [0.25, 0.3) is 0 Å². The summed E-state index contributed by atoms with van der Waals surface area (Å²) in [4.78, 5) is 5.27. The van der Waals surface area contributed by atoms with Crippen LogP contribution in [0.4, 0.5) is 0 Å². The van der Waals surface area contributed by atoms with Crippen molar-refractivity contribution in [3.05, 3.63) is 42.1 Å². The molecule has 1 aliphatic rings. The third-order valence-corrected chi connectivity index (χ3v) is 6.90. The van der Waals surface area contributed by atoms with Crippen molar-refractivity contribution in [1.29, 1.82) is 0 Å². The first-order valence-electron chi connectivity index (χ1n) is 9.37. The number of sulfone groups is 1. The van der Waals surface area contributed by atoms with Crippen molar-refractivity contribution >= 4 is 30.9 Å². The molecule has 1 aliphatic heterocycles. The Labute approximate surface area is 180 Å². The van der Waals surface area contributed by atoms with Gasteiger partial charge in [0.25, 0.3) is 0 Å². The van der Waals surface area contributed by atoms with Gasteiger partial charge in [0, 0.05) is 0 Å². The molecule has 14 heteroatoms. The third-order valence-electron chi connectivity index (χ3n) is 4.49. The van der Waals surface area contributed by atoms with E-state index in [0.717, 1.165) is 5.56 Å². The fourth-order valence-electron chi connectivity index (χ4n) is 2.91. The van der Waals surface area contributed by atoms with E-state index in [1.54, 1.807) is 24.3 Å². The van der Waals surface area contributed by atoms with Gasteiger partial charge in [-0.3, -0.25) is 4.99 Å². The van der Waals surface area contributed by atoms with E-state index in [4.69, 9.17) is 10.9 Å². The lowest BCUT2D eigenvalue weighted by Crippen LogP contribution is -2.33. The van der Waals surface area contributed by atoms with Gasteiger partial charge in [0.2, 0.25) is 30.8 Å². The van der Waals surface area contributed by atoms with E-state index in [9.17, 15) is 16.8 Å². The molecule has 0 fully saturated rings. The Bertz CT molecular complexity index is 1200. The number of guanidine groups is 1. The van der Waals surface area contributed by atoms with Crippen LogP contribution in [0.2, 0.25) is 0 Å². The molecule has 12 nitrogen and oxygen atoms in total. The summed E-state index contributed by atoms with van der Waals surface area (Å²) in [7, 11) is -7.77. The lowest BCUT2D eigenvalue weighted by molar-refractivity contribution is 0.458. The number of nitrogens with two attached hydrogens (primary N) is 2. The molecule has 1 aromatic heterocycles. The van der Waals surface area contributed by atoms with Gasteiger partial charge in [-0.15, -0.1) is 5.10 Å². The van der Waals surface area contributed by atoms with E-state index in [0.29, 0.717) is 0 Å². The minimum absolute atomic E-state index is 0.111. The first-order valence-corrected chi connectivity index (χ1v) is 12.6. The van der Waals surface area contributed by atoms with Gasteiger partial charge in [-0.25, -0.2) is 27.0 Å². The zero-order chi connectivity index (χ0) is 22.8. The topological polar surface area (TPSA) is 179 Å². The van der Waals surface area contributed by atoms with Crippen LogP contribution in [0, 0.1) is 0 Å². The van der Waals surface area contributed by atoms with Crippen LogP contribution in [-0.2, 0) is 19.9 Å². The standard InChI is InChI=1S/C17H24N8O4S2/c1-12(2)25-21-10-15(22-25)31(28,29)16-14(13-6-4-3-5-7-13)11-24(23-16)17(18)20-8-9-30(19,26)27/h3-7,10,12,14H,8-9,11H2,1-2H3,(H2,18,20)(H2,19,26,27). The highest BCUT2D eigenvalue weighted by Crippen LogP contribution is 2.30. The molecule has 0 saturated carbocycles. The summed E-state index contributed by atoms with van der Waals surface area (Å²) in [5.74, 6) is -1.13. The number of nitrogens with zero attached hydrogens (tertiary/aromatic N) is 6. The molecule has 2 heterocycles. The van der Waals surface area contributed by atoms with E-state index in [1.807, 2.05) is 19.9 Å². The number of primary sulfonamides is 1. The van der Waals surface area contributed by atoms with Crippen molar-refractivity contribution in [3.8, 4) is 0 Å². The molecular weight excluding hydrogens is 444 g/mol. The number of aliphatic imine (C=N–C) groups is 1. The van der Waals surface area contributed by atoms with Gasteiger partial charge >= 0.3 is 0 Å². The molecule has 0 aliphatic carbocycles. The van der Waals surface area contributed by atoms with E-state index in [-0.39, 0.29) is 35.2 Å². The molecule has 1 unspecified atom stereocenters. The van der Waals surface area contributed by atoms with Gasteiger partial charge in [0.05, 0.1) is 37.0 Å². The van der Waals surface area contributed by atoms with E-state index < -0.39 is 31.5 Å². The zero-order valence-electron chi connectivity index (χ0n) is 17.0. The molecule has 0 amide bonds. The largest absolute Gasteiger partial charge is 0.368 e. The van der Waals surface area contributed by atoms with E-state index in [1.165, 1.54) is 16.0 Å². The van der Waals surface area contributed by atoms with Crippen LogP contribution >= 0.6 is 0 Å². The summed E-state index contributed by atoms with van der Waals surface area (Å²) in [6.45, 7) is 3.60. The predicted octanol–water partition coefficient (Wildman–Crippen LogP) is -0.351. The molecule has 3 rings (SSSR count).